The van der Waals surface area contributed by atoms with Crippen molar-refractivity contribution in [1.82, 2.24) is 20.9 Å². The van der Waals surface area contributed by atoms with Crippen LogP contribution < -0.4 is 27.4 Å². The number of carbonyl (C=O) groups excluding carboxylic acids is 5. The number of carbonyl (C=O) groups is 5. The Morgan fingerprint density at radius 2 is 1.59 bits per heavy atom. The van der Waals surface area contributed by atoms with Gasteiger partial charge >= 0.3 is 0 Å². The van der Waals surface area contributed by atoms with E-state index in [0.29, 0.717) is 31.6 Å². The van der Waals surface area contributed by atoms with Crippen molar-refractivity contribution in [3.63, 3.8) is 0 Å². The first-order valence-electron chi connectivity index (χ1n) is 14.6. The Hall–Kier alpha value is -4.10. The molecule has 0 radical (unpaired) electrons. The van der Waals surface area contributed by atoms with E-state index in [0.717, 1.165) is 11.1 Å². The third-order valence-corrected chi connectivity index (χ3v) is 8.13. The predicted octanol–water partition coefficient (Wildman–Crippen LogP) is 0.208. The van der Waals surface area contributed by atoms with Crippen LogP contribution in [-0.2, 0) is 36.8 Å². The number of phenols is 1. The number of nitrogens with zero attached hydrogens (tertiary/aromatic N) is 1. The van der Waals surface area contributed by atoms with Crippen molar-refractivity contribution in [2.45, 2.75) is 69.2 Å². The largest absolute Gasteiger partial charge is 0.508 e. The Labute approximate surface area is 261 Å². The average molecular weight is 627 g/mol. The highest BCUT2D eigenvalue weighted by Gasteiger charge is 2.39. The summed E-state index contributed by atoms with van der Waals surface area (Å²) >= 11 is 1.53. The summed E-state index contributed by atoms with van der Waals surface area (Å²) in [6.45, 7) is 1.80. The Kier molecular flexibility index (Phi) is 13.0. The summed E-state index contributed by atoms with van der Waals surface area (Å²) in [5.41, 5.74) is 13.1. The van der Waals surface area contributed by atoms with Crippen molar-refractivity contribution in [1.29, 1.82) is 0 Å². The third kappa shape index (κ3) is 9.98. The number of thioether (sulfide) groups is 1. The van der Waals surface area contributed by atoms with Gasteiger partial charge in [0, 0.05) is 13.0 Å². The number of likely N-dealkylation sites (tertiary alicyclic amines) is 1. The van der Waals surface area contributed by atoms with Crippen LogP contribution in [0.2, 0.25) is 0 Å². The second-order valence-corrected chi connectivity index (χ2v) is 11.9. The fourth-order valence-corrected chi connectivity index (χ4v) is 5.48. The van der Waals surface area contributed by atoms with E-state index in [1.165, 1.54) is 35.7 Å². The predicted molar refractivity (Wildman–Crippen MR) is 168 cm³/mol. The summed E-state index contributed by atoms with van der Waals surface area (Å²) in [5.74, 6) is -1.96. The summed E-state index contributed by atoms with van der Waals surface area (Å²) in [5, 5.41) is 17.5. The smallest absolute Gasteiger partial charge is 0.246 e. The number of phenolic OH excluding ortho intramolecular Hbond substituents is 1. The van der Waals surface area contributed by atoms with E-state index >= 15 is 0 Å². The molecule has 238 valence electrons. The summed E-state index contributed by atoms with van der Waals surface area (Å²) in [7, 11) is 0. The molecule has 5 atom stereocenters. The molecule has 44 heavy (non-hydrogen) atoms. The lowest BCUT2D eigenvalue weighted by Crippen LogP contribution is -2.58. The van der Waals surface area contributed by atoms with Crippen LogP contribution in [0.4, 0.5) is 0 Å². The highest BCUT2D eigenvalue weighted by Crippen LogP contribution is 2.20. The van der Waals surface area contributed by atoms with E-state index < -0.39 is 59.7 Å². The van der Waals surface area contributed by atoms with E-state index in [9.17, 15) is 29.1 Å². The first-order chi connectivity index (χ1) is 21.0. The van der Waals surface area contributed by atoms with E-state index in [2.05, 4.69) is 16.0 Å². The Bertz CT molecular complexity index is 1290. The van der Waals surface area contributed by atoms with Crippen molar-refractivity contribution in [2.24, 2.45) is 11.5 Å². The fourth-order valence-electron chi connectivity index (χ4n) is 5.00. The van der Waals surface area contributed by atoms with Crippen molar-refractivity contribution in [3.05, 3.63) is 65.7 Å². The molecule has 1 saturated heterocycles. The van der Waals surface area contributed by atoms with Crippen LogP contribution in [0.5, 0.6) is 5.75 Å². The van der Waals surface area contributed by atoms with Gasteiger partial charge in [0.25, 0.3) is 0 Å². The van der Waals surface area contributed by atoms with Crippen LogP contribution in [0.1, 0.15) is 37.3 Å². The molecule has 1 aliphatic rings. The first-order valence-corrected chi connectivity index (χ1v) is 16.0. The zero-order valence-electron chi connectivity index (χ0n) is 25.0. The molecule has 2 aromatic rings. The molecule has 0 aliphatic carbocycles. The zero-order chi connectivity index (χ0) is 32.2. The molecule has 1 aliphatic heterocycles. The standard InChI is InChI=1S/C31H42N6O6S/c1-19(34-29(41)23(32)17-21-10-12-22(38)13-11-21)28(40)36-25(18-20-7-4-3-5-8-20)31(43)37-15-6-9-26(37)30(42)35-24(27(33)39)14-16-44-2/h3-5,7-8,10-13,19,23-26,38H,6,9,14-18,32H2,1-2H3,(H2,33,39)(H,34,41)(H,35,42)(H,36,40)/t19-,23+,24+,25+,26+/m1/s1. The Morgan fingerprint density at radius 1 is 0.932 bits per heavy atom. The zero-order valence-corrected chi connectivity index (χ0v) is 25.8. The Balaban J connectivity index is 1.69. The number of hydrogen-bond acceptors (Lipinski definition) is 8. The van der Waals surface area contributed by atoms with Gasteiger partial charge < -0.3 is 37.4 Å². The highest BCUT2D eigenvalue weighted by atomic mass is 32.2. The molecule has 0 aromatic heterocycles. The van der Waals surface area contributed by atoms with Gasteiger partial charge in [0.2, 0.25) is 29.5 Å². The van der Waals surface area contributed by atoms with Crippen molar-refractivity contribution in [3.8, 4) is 5.75 Å². The second kappa shape index (κ2) is 16.7. The first kappa shape index (κ1) is 34.4. The third-order valence-electron chi connectivity index (χ3n) is 7.49. The van der Waals surface area contributed by atoms with Gasteiger partial charge in [-0.05, 0) is 67.9 Å². The summed E-state index contributed by atoms with van der Waals surface area (Å²) in [6, 6.07) is 10.8. The van der Waals surface area contributed by atoms with Crippen LogP contribution in [0.15, 0.2) is 54.6 Å². The van der Waals surface area contributed by atoms with Crippen LogP contribution in [0.3, 0.4) is 0 Å². The molecule has 13 heteroatoms. The lowest BCUT2D eigenvalue weighted by molar-refractivity contribution is -0.142. The average Bonchev–Trinajstić information content (AvgIpc) is 3.50. The van der Waals surface area contributed by atoms with E-state index in [-0.39, 0.29) is 18.6 Å². The molecule has 0 unspecified atom stereocenters. The molecule has 0 spiro atoms. The molecule has 0 bridgehead atoms. The number of hydrogen-bond donors (Lipinski definition) is 6. The van der Waals surface area contributed by atoms with Gasteiger partial charge in [-0.1, -0.05) is 42.5 Å². The van der Waals surface area contributed by atoms with Gasteiger partial charge in [-0.3, -0.25) is 24.0 Å². The monoisotopic (exact) mass is 626 g/mol. The van der Waals surface area contributed by atoms with Crippen molar-refractivity contribution >= 4 is 41.3 Å². The van der Waals surface area contributed by atoms with Gasteiger partial charge in [0.15, 0.2) is 0 Å². The minimum Gasteiger partial charge on any atom is -0.508 e. The van der Waals surface area contributed by atoms with E-state index in [4.69, 9.17) is 11.5 Å². The number of nitrogens with one attached hydrogen (secondary N) is 3. The lowest BCUT2D eigenvalue weighted by Gasteiger charge is -2.30. The normalized spacial score (nSPS) is 17.2. The SMILES string of the molecule is CSCC[C@H](NC(=O)[C@@H]1CCCN1C(=O)[C@H](Cc1ccccc1)NC(=O)[C@@H](C)NC(=O)[C@@H](N)Cc1ccc(O)cc1)C(N)=O. The molecule has 12 nitrogen and oxygen atoms in total. The molecule has 3 rings (SSSR count). The number of primary amides is 1. The van der Waals surface area contributed by atoms with E-state index in [1.807, 2.05) is 36.6 Å². The Morgan fingerprint density at radius 3 is 2.23 bits per heavy atom. The topological polar surface area (TPSA) is 197 Å². The molecule has 0 saturated carbocycles. The number of aromatic hydroxyl groups is 1. The van der Waals surface area contributed by atoms with E-state index in [1.54, 1.807) is 12.1 Å². The minimum atomic E-state index is -1.02. The maximum Gasteiger partial charge on any atom is 0.246 e. The molecule has 2 aromatic carbocycles. The van der Waals surface area contributed by atoms with Crippen LogP contribution in [-0.4, -0.2) is 88.3 Å². The highest BCUT2D eigenvalue weighted by molar-refractivity contribution is 7.98. The van der Waals surface area contributed by atoms with Crippen molar-refractivity contribution < 1.29 is 29.1 Å². The number of rotatable bonds is 15. The maximum absolute atomic E-state index is 13.9. The molecular formula is C31H42N6O6S. The molecular weight excluding hydrogens is 584 g/mol. The van der Waals surface area contributed by atoms with Crippen LogP contribution in [0, 0.1) is 0 Å². The quantitative estimate of drug-likeness (QED) is 0.161. The number of benzene rings is 2. The van der Waals surface area contributed by atoms with Crippen LogP contribution >= 0.6 is 11.8 Å². The molecule has 5 amide bonds. The maximum atomic E-state index is 13.9. The van der Waals surface area contributed by atoms with Gasteiger partial charge in [-0.2, -0.15) is 11.8 Å². The van der Waals surface area contributed by atoms with Gasteiger partial charge in [-0.15, -0.1) is 0 Å². The van der Waals surface area contributed by atoms with Gasteiger partial charge in [0.05, 0.1) is 6.04 Å². The van der Waals surface area contributed by atoms with Crippen molar-refractivity contribution in [2.75, 3.05) is 18.6 Å². The number of nitrogens with two attached hydrogens (primary N) is 2. The summed E-state index contributed by atoms with van der Waals surface area (Å²) < 4.78 is 0. The second-order valence-electron chi connectivity index (χ2n) is 10.9. The summed E-state index contributed by atoms with van der Waals surface area (Å²) in [6.07, 6.45) is 3.60. The number of amides is 5. The molecule has 8 N–H and O–H groups in total. The van der Waals surface area contributed by atoms with Gasteiger partial charge in [-0.25, -0.2) is 0 Å². The van der Waals surface area contributed by atoms with Gasteiger partial charge in [0.1, 0.15) is 29.9 Å². The molecule has 1 fully saturated rings. The molecule has 1 heterocycles. The minimum absolute atomic E-state index is 0.0959. The van der Waals surface area contributed by atoms with Crippen LogP contribution in [0.25, 0.3) is 0 Å². The fraction of sp³-hybridized carbons (Fsp3) is 0.452. The summed E-state index contributed by atoms with van der Waals surface area (Å²) in [4.78, 5) is 66.4. The lowest BCUT2D eigenvalue weighted by atomic mass is 10.0.